The lowest BCUT2D eigenvalue weighted by Gasteiger charge is -2.24. The van der Waals surface area contributed by atoms with Crippen LogP contribution >= 0.6 is 0 Å². The van der Waals surface area contributed by atoms with E-state index in [9.17, 15) is 8.42 Å². The molecule has 0 fully saturated rings. The fraction of sp³-hybridized carbons (Fsp3) is 0.625. The van der Waals surface area contributed by atoms with Gasteiger partial charge in [-0.2, -0.15) is 9.40 Å². The molecule has 0 N–H and O–H groups in total. The summed E-state index contributed by atoms with van der Waals surface area (Å²) < 4.78 is 25.8. The summed E-state index contributed by atoms with van der Waals surface area (Å²) in [6.45, 7) is 0.954. The van der Waals surface area contributed by atoms with Gasteiger partial charge in [-0.15, -0.1) is 0 Å². The Balaban J connectivity index is 2.33. The normalized spacial score (nSPS) is 18.1. The lowest BCUT2D eigenvalue weighted by atomic mass is 10.1. The van der Waals surface area contributed by atoms with Crippen LogP contribution in [0, 0.1) is 6.20 Å². The van der Waals surface area contributed by atoms with Crippen molar-refractivity contribution in [3.63, 3.8) is 0 Å². The standard InChI is InChI=1S/C8H12N3O2S/c1-10-8-6-11(14(2,12)13)4-3-7(8)5-9-10/h3-4,6H2,1-2H3. The maximum atomic E-state index is 11.3. The van der Waals surface area contributed by atoms with E-state index in [1.54, 1.807) is 11.7 Å². The first-order chi connectivity index (χ1) is 6.48. The Kier molecular flexibility index (Phi) is 2.11. The SMILES string of the molecule is Cn1n[c]c2c1CN(S(C)(=O)=O)CC2. The number of fused-ring (bicyclic) bond motifs is 1. The van der Waals surface area contributed by atoms with Gasteiger partial charge in [0.25, 0.3) is 0 Å². The van der Waals surface area contributed by atoms with Crippen LogP contribution in [0.4, 0.5) is 0 Å². The largest absolute Gasteiger partial charge is 0.270 e. The molecule has 0 unspecified atom stereocenters. The van der Waals surface area contributed by atoms with Gasteiger partial charge in [0.15, 0.2) is 0 Å². The number of hydrogen-bond donors (Lipinski definition) is 0. The van der Waals surface area contributed by atoms with Crippen LogP contribution in [-0.2, 0) is 30.0 Å². The maximum absolute atomic E-state index is 11.3. The number of nitrogens with zero attached hydrogens (tertiary/aromatic N) is 3. The van der Waals surface area contributed by atoms with E-state index < -0.39 is 10.0 Å². The third-order valence-corrected chi connectivity index (χ3v) is 3.73. The fourth-order valence-electron chi connectivity index (χ4n) is 1.62. The van der Waals surface area contributed by atoms with Crippen molar-refractivity contribution in [2.24, 2.45) is 7.05 Å². The molecule has 14 heavy (non-hydrogen) atoms. The van der Waals surface area contributed by atoms with E-state index in [1.807, 2.05) is 0 Å². The number of sulfonamides is 1. The highest BCUT2D eigenvalue weighted by atomic mass is 32.2. The molecule has 77 valence electrons. The Labute approximate surface area is 83.4 Å². The predicted molar refractivity (Wildman–Crippen MR) is 51.0 cm³/mol. The first-order valence-electron chi connectivity index (χ1n) is 4.36. The van der Waals surface area contributed by atoms with E-state index in [0.29, 0.717) is 19.5 Å². The van der Waals surface area contributed by atoms with Gasteiger partial charge in [0.1, 0.15) is 6.20 Å². The molecule has 0 spiro atoms. The molecule has 1 radical (unpaired) electrons. The van der Waals surface area contributed by atoms with Crippen LogP contribution < -0.4 is 0 Å². The average molecular weight is 214 g/mol. The molecule has 0 amide bonds. The molecule has 2 heterocycles. The van der Waals surface area contributed by atoms with E-state index >= 15 is 0 Å². The van der Waals surface area contributed by atoms with Gasteiger partial charge in [0.2, 0.25) is 10.0 Å². The Hall–Kier alpha value is -0.880. The summed E-state index contributed by atoms with van der Waals surface area (Å²) in [5, 5.41) is 3.98. The van der Waals surface area contributed by atoms with Crippen molar-refractivity contribution < 1.29 is 8.42 Å². The van der Waals surface area contributed by atoms with Crippen molar-refractivity contribution in [3.05, 3.63) is 17.5 Å². The third-order valence-electron chi connectivity index (χ3n) is 2.48. The smallest absolute Gasteiger partial charge is 0.211 e. The van der Waals surface area contributed by atoms with E-state index in [4.69, 9.17) is 0 Å². The minimum absolute atomic E-state index is 0.418. The summed E-state index contributed by atoms with van der Waals surface area (Å²) >= 11 is 0. The monoisotopic (exact) mass is 214 g/mol. The summed E-state index contributed by atoms with van der Waals surface area (Å²) in [6, 6.07) is 0. The Morgan fingerprint density at radius 2 is 2.21 bits per heavy atom. The van der Waals surface area contributed by atoms with Gasteiger partial charge < -0.3 is 0 Å². The van der Waals surface area contributed by atoms with Gasteiger partial charge in [-0.3, -0.25) is 4.68 Å². The van der Waals surface area contributed by atoms with Crippen LogP contribution in [0.2, 0.25) is 0 Å². The van der Waals surface area contributed by atoms with Crippen LogP contribution in [0.25, 0.3) is 0 Å². The highest BCUT2D eigenvalue weighted by molar-refractivity contribution is 7.88. The highest BCUT2D eigenvalue weighted by Crippen LogP contribution is 2.18. The molecule has 1 aromatic rings. The molecule has 0 bridgehead atoms. The van der Waals surface area contributed by atoms with Crippen LogP contribution in [0.3, 0.4) is 0 Å². The number of aryl methyl sites for hydroxylation is 1. The van der Waals surface area contributed by atoms with Crippen molar-refractivity contribution in [1.82, 2.24) is 14.1 Å². The molecular formula is C8H12N3O2S. The molecule has 1 aromatic heterocycles. The summed E-state index contributed by atoms with van der Waals surface area (Å²) in [7, 11) is -1.28. The summed E-state index contributed by atoms with van der Waals surface area (Å²) in [5.74, 6) is 0. The Morgan fingerprint density at radius 1 is 1.50 bits per heavy atom. The number of aromatic nitrogens is 2. The fourth-order valence-corrected chi connectivity index (χ4v) is 2.40. The molecule has 0 atom stereocenters. The lowest BCUT2D eigenvalue weighted by molar-refractivity contribution is 0.382. The first kappa shape index (κ1) is 9.67. The molecule has 0 saturated heterocycles. The van der Waals surface area contributed by atoms with Crippen LogP contribution in [0.1, 0.15) is 11.3 Å². The quantitative estimate of drug-likeness (QED) is 0.635. The lowest BCUT2D eigenvalue weighted by Crippen LogP contribution is -2.35. The van der Waals surface area contributed by atoms with Gasteiger partial charge in [-0.05, 0) is 6.42 Å². The second kappa shape index (κ2) is 3.06. The Morgan fingerprint density at radius 3 is 2.86 bits per heavy atom. The van der Waals surface area contributed by atoms with Crippen LogP contribution in [-0.4, -0.2) is 35.3 Å². The van der Waals surface area contributed by atoms with Crippen molar-refractivity contribution >= 4 is 10.0 Å². The molecule has 1 aliphatic rings. The second-order valence-corrected chi connectivity index (χ2v) is 5.49. The molecule has 6 heteroatoms. The molecular weight excluding hydrogens is 202 g/mol. The van der Waals surface area contributed by atoms with Crippen molar-refractivity contribution in [2.45, 2.75) is 13.0 Å². The van der Waals surface area contributed by atoms with Crippen molar-refractivity contribution in [3.8, 4) is 0 Å². The average Bonchev–Trinajstić information content (AvgIpc) is 2.46. The molecule has 5 nitrogen and oxygen atoms in total. The van der Waals surface area contributed by atoms with E-state index in [1.165, 1.54) is 10.6 Å². The predicted octanol–water partition coefficient (Wildman–Crippen LogP) is -0.462. The molecule has 0 aromatic carbocycles. The Bertz CT molecular complexity index is 449. The molecule has 0 aliphatic carbocycles. The third kappa shape index (κ3) is 1.55. The van der Waals surface area contributed by atoms with Gasteiger partial charge in [-0.1, -0.05) is 0 Å². The van der Waals surface area contributed by atoms with Crippen molar-refractivity contribution in [2.75, 3.05) is 12.8 Å². The highest BCUT2D eigenvalue weighted by Gasteiger charge is 2.25. The van der Waals surface area contributed by atoms with E-state index in [2.05, 4.69) is 11.3 Å². The minimum Gasteiger partial charge on any atom is -0.270 e. The maximum Gasteiger partial charge on any atom is 0.211 e. The topological polar surface area (TPSA) is 55.2 Å². The number of rotatable bonds is 1. The summed E-state index contributed by atoms with van der Waals surface area (Å²) in [4.78, 5) is 0. The van der Waals surface area contributed by atoms with Gasteiger partial charge in [0.05, 0.1) is 18.5 Å². The zero-order valence-corrected chi connectivity index (χ0v) is 9.00. The number of hydrogen-bond acceptors (Lipinski definition) is 3. The summed E-state index contributed by atoms with van der Waals surface area (Å²) in [5.41, 5.74) is 1.98. The van der Waals surface area contributed by atoms with Gasteiger partial charge in [0, 0.05) is 19.2 Å². The first-order valence-corrected chi connectivity index (χ1v) is 6.21. The van der Waals surface area contributed by atoms with Gasteiger partial charge >= 0.3 is 0 Å². The molecule has 1 aliphatic heterocycles. The molecule has 2 rings (SSSR count). The van der Waals surface area contributed by atoms with Crippen LogP contribution in [0.15, 0.2) is 0 Å². The van der Waals surface area contributed by atoms with Crippen molar-refractivity contribution in [1.29, 1.82) is 0 Å². The zero-order valence-electron chi connectivity index (χ0n) is 8.19. The van der Waals surface area contributed by atoms with Gasteiger partial charge in [-0.25, -0.2) is 8.42 Å². The minimum atomic E-state index is -3.08. The summed E-state index contributed by atoms with van der Waals surface area (Å²) in [6.07, 6.45) is 4.83. The zero-order chi connectivity index (χ0) is 10.3. The van der Waals surface area contributed by atoms with Crippen LogP contribution in [0.5, 0.6) is 0 Å². The molecule has 0 saturated carbocycles. The second-order valence-electron chi connectivity index (χ2n) is 3.51. The van der Waals surface area contributed by atoms with E-state index in [0.717, 1.165) is 11.3 Å². The van der Waals surface area contributed by atoms with E-state index in [-0.39, 0.29) is 0 Å².